The first-order valence-corrected chi connectivity index (χ1v) is 25.5. The molecule has 0 aliphatic carbocycles. The van der Waals surface area contributed by atoms with Gasteiger partial charge in [0.05, 0.1) is 0 Å². The third-order valence-electron chi connectivity index (χ3n) is 12.6. The summed E-state index contributed by atoms with van der Waals surface area (Å²) in [6.45, 7) is 4.52. The van der Waals surface area contributed by atoms with Crippen LogP contribution in [0, 0.1) is 0 Å². The average Bonchev–Trinajstić information content (AvgIpc) is 3.39. The van der Waals surface area contributed by atoms with Gasteiger partial charge < -0.3 is 0 Å². The molecule has 0 radical (unpaired) electrons. The maximum atomic E-state index is 13.3. The van der Waals surface area contributed by atoms with E-state index in [1.54, 1.807) is 13.8 Å². The van der Waals surface area contributed by atoms with E-state index in [0.29, 0.717) is 6.61 Å². The second kappa shape index (κ2) is 24.9. The van der Waals surface area contributed by atoms with Crippen LogP contribution >= 0.6 is 11.6 Å². The Kier molecular flexibility index (Phi) is 18.5. The monoisotopic (exact) mass is 1030 g/mol. The summed E-state index contributed by atoms with van der Waals surface area (Å²) < 4.78 is 80.8. The number of methoxy groups -OCH3 is 2. The Balaban J connectivity index is 1.15. The quantitative estimate of drug-likeness (QED) is 0.0397. The van der Waals surface area contributed by atoms with Crippen molar-refractivity contribution in [2.45, 2.75) is 112 Å². The third kappa shape index (κ3) is 13.1. The van der Waals surface area contributed by atoms with Crippen molar-refractivity contribution in [2.24, 2.45) is 0 Å². The summed E-state index contributed by atoms with van der Waals surface area (Å²) >= 11 is 5.77. The summed E-state index contributed by atoms with van der Waals surface area (Å²) in [5.41, 5.74) is 3.88. The van der Waals surface area contributed by atoms with Crippen molar-refractivity contribution in [3.05, 3.63) is 174 Å². The molecule has 368 valence electrons. The molecular weight excluding hydrogens is 971 g/mol. The number of benzene rings is 5. The molecule has 69 heavy (non-hydrogen) atoms. The van der Waals surface area contributed by atoms with Crippen LogP contribution in [-0.2, 0) is 88.1 Å². The SMILES string of the molecule is COC1(C)OC2C([Se]c3ccccc3)OC(COC3OC(COCc4ccccc4)C(OCc4ccccc4)C(OCc4ccccc4)C3OCc3ccccc3)C(OC(=O)CCl)C2OC1(C)OC. The van der Waals surface area contributed by atoms with Gasteiger partial charge in [-0.1, -0.05) is 84.9 Å². The van der Waals surface area contributed by atoms with Crippen LogP contribution in [0.4, 0.5) is 0 Å². The Bertz CT molecular complexity index is 2290. The fourth-order valence-electron chi connectivity index (χ4n) is 8.60. The van der Waals surface area contributed by atoms with E-state index < -0.39 is 83.5 Å². The third-order valence-corrected chi connectivity index (χ3v) is 15.2. The van der Waals surface area contributed by atoms with E-state index in [1.807, 2.05) is 152 Å². The molecule has 12 atom stereocenters. The van der Waals surface area contributed by atoms with Gasteiger partial charge in [0, 0.05) is 0 Å². The molecule has 8 rings (SSSR count). The van der Waals surface area contributed by atoms with Gasteiger partial charge in [-0.25, -0.2) is 0 Å². The van der Waals surface area contributed by atoms with Crippen molar-refractivity contribution in [3.8, 4) is 0 Å². The number of carbonyl (C=O) groups excluding carboxylic acids is 1. The van der Waals surface area contributed by atoms with E-state index in [-0.39, 0.29) is 48.0 Å². The van der Waals surface area contributed by atoms with Crippen LogP contribution in [0.3, 0.4) is 0 Å². The first-order chi connectivity index (χ1) is 33.7. The number of ether oxygens (including phenoxy) is 12. The van der Waals surface area contributed by atoms with Crippen LogP contribution in [-0.4, -0.2) is 126 Å². The fraction of sp³-hybridized carbons (Fsp3) is 0.426. The van der Waals surface area contributed by atoms with Crippen molar-refractivity contribution in [1.29, 1.82) is 0 Å². The molecule has 0 amide bonds. The van der Waals surface area contributed by atoms with E-state index in [4.69, 9.17) is 68.4 Å². The van der Waals surface area contributed by atoms with E-state index in [0.717, 1.165) is 26.7 Å². The summed E-state index contributed by atoms with van der Waals surface area (Å²) in [5, 5.41) is -0.574. The molecule has 12 unspecified atom stereocenters. The van der Waals surface area contributed by atoms with Gasteiger partial charge in [0.2, 0.25) is 0 Å². The molecule has 3 saturated heterocycles. The number of hydrogen-bond donors (Lipinski definition) is 0. The van der Waals surface area contributed by atoms with Gasteiger partial charge in [0.15, 0.2) is 0 Å². The Hall–Kier alpha value is -4.06. The number of alkyl halides is 1. The van der Waals surface area contributed by atoms with Gasteiger partial charge in [0.25, 0.3) is 0 Å². The van der Waals surface area contributed by atoms with Crippen molar-refractivity contribution in [3.63, 3.8) is 0 Å². The van der Waals surface area contributed by atoms with Gasteiger partial charge in [-0.2, -0.15) is 0 Å². The fourth-order valence-corrected chi connectivity index (χ4v) is 11.0. The Morgan fingerprint density at radius 2 is 0.986 bits per heavy atom. The molecule has 0 bridgehead atoms. The predicted molar refractivity (Wildman–Crippen MR) is 257 cm³/mol. The molecule has 0 N–H and O–H groups in total. The molecule has 3 heterocycles. The van der Waals surface area contributed by atoms with Crippen molar-refractivity contribution < 1.29 is 61.6 Å². The predicted octanol–water partition coefficient (Wildman–Crippen LogP) is 7.12. The normalized spacial score (nSPS) is 30.0. The minimum atomic E-state index is -1.44. The molecule has 15 heteroatoms. The molecule has 0 spiro atoms. The second-order valence-electron chi connectivity index (χ2n) is 17.2. The number of fused-ring (bicyclic) bond motifs is 1. The number of esters is 1. The zero-order valence-corrected chi connectivity index (χ0v) is 41.7. The van der Waals surface area contributed by atoms with Crippen LogP contribution in [0.1, 0.15) is 36.1 Å². The molecule has 5 aromatic rings. The van der Waals surface area contributed by atoms with E-state index in [9.17, 15) is 4.79 Å². The minimum absolute atomic E-state index is 0.130. The first-order valence-electron chi connectivity index (χ1n) is 23.1. The van der Waals surface area contributed by atoms with Crippen LogP contribution < -0.4 is 4.46 Å². The van der Waals surface area contributed by atoms with Gasteiger partial charge in [-0.05, 0) is 0 Å². The molecule has 3 aliphatic heterocycles. The summed E-state index contributed by atoms with van der Waals surface area (Å²) in [6.07, 6.45) is -7.76. The van der Waals surface area contributed by atoms with Crippen LogP contribution in [0.2, 0.25) is 0 Å². The Morgan fingerprint density at radius 1 is 0.536 bits per heavy atom. The van der Waals surface area contributed by atoms with Gasteiger partial charge >= 0.3 is 333 Å². The number of hydrogen-bond acceptors (Lipinski definition) is 13. The summed E-state index contributed by atoms with van der Waals surface area (Å²) in [4.78, 5) is 13.3. The molecule has 3 aliphatic rings. The summed E-state index contributed by atoms with van der Waals surface area (Å²) in [5.74, 6) is -3.89. The standard InChI is InChI=1S/C54H61ClO13Se/c1-53(57-3)54(2,58-4)68-50-48(67-53)46(66-44(56)30-55)43(65-52(50)69-41-28-18-9-19-29-41)36-63-51-49(62-34-40-26-16-8-17-27-40)47(61-33-39-24-14-7-15-25-39)45(60-32-38-22-12-6-13-23-38)42(64-51)35-59-31-37-20-10-5-11-21-37/h5-29,42-43,45-52H,30-36H2,1-4H3. The summed E-state index contributed by atoms with van der Waals surface area (Å²) in [7, 11) is 3.04. The van der Waals surface area contributed by atoms with Crippen molar-refractivity contribution in [1.82, 2.24) is 0 Å². The van der Waals surface area contributed by atoms with E-state index in [1.165, 1.54) is 14.2 Å². The molecule has 5 aromatic carbocycles. The molecule has 3 fully saturated rings. The number of rotatable bonds is 22. The topological polar surface area (TPSA) is 128 Å². The zero-order chi connectivity index (χ0) is 48.1. The van der Waals surface area contributed by atoms with Crippen LogP contribution in [0.25, 0.3) is 0 Å². The molecule has 0 aromatic heterocycles. The second-order valence-corrected chi connectivity index (χ2v) is 19.9. The molecule has 0 saturated carbocycles. The Morgan fingerprint density at radius 3 is 1.49 bits per heavy atom. The molecular formula is C54H61ClO13Se. The van der Waals surface area contributed by atoms with E-state index in [2.05, 4.69) is 0 Å². The van der Waals surface area contributed by atoms with Crippen molar-refractivity contribution in [2.75, 3.05) is 33.3 Å². The van der Waals surface area contributed by atoms with Crippen LogP contribution in [0.5, 0.6) is 0 Å². The number of carbonyl (C=O) groups is 1. The maximum absolute atomic E-state index is 13.3. The first kappa shape index (κ1) is 51.3. The van der Waals surface area contributed by atoms with Crippen molar-refractivity contribution >= 4 is 37.0 Å². The van der Waals surface area contributed by atoms with Gasteiger partial charge in [0.1, 0.15) is 0 Å². The van der Waals surface area contributed by atoms with Gasteiger partial charge in [-0.15, -0.1) is 0 Å². The summed E-state index contributed by atoms with van der Waals surface area (Å²) in [6, 6.07) is 49.7. The van der Waals surface area contributed by atoms with Crippen LogP contribution in [0.15, 0.2) is 152 Å². The Labute approximate surface area is 416 Å². The molecule has 13 nitrogen and oxygen atoms in total. The average molecular weight is 1030 g/mol. The van der Waals surface area contributed by atoms with E-state index >= 15 is 0 Å². The zero-order valence-electron chi connectivity index (χ0n) is 39.3. The number of halogens is 1. The van der Waals surface area contributed by atoms with Gasteiger partial charge in [-0.3, -0.25) is 0 Å².